The fraction of sp³-hybridized carbons (Fsp3) is 0.923. The van der Waals surface area contributed by atoms with Crippen molar-refractivity contribution in [3.63, 3.8) is 0 Å². The van der Waals surface area contributed by atoms with Crippen LogP contribution in [-0.2, 0) is 4.79 Å². The Labute approximate surface area is 109 Å². The van der Waals surface area contributed by atoms with E-state index >= 15 is 0 Å². The number of carbonyl (C=O) groups is 1. The largest absolute Gasteiger partial charge is 0.480 e. The van der Waals surface area contributed by atoms with Gasteiger partial charge in [-0.05, 0) is 52.7 Å². The smallest absolute Gasteiger partial charge is 0.323 e. The van der Waals surface area contributed by atoms with E-state index < -0.39 is 11.5 Å². The summed E-state index contributed by atoms with van der Waals surface area (Å²) >= 11 is 0. The average molecular weight is 255 g/mol. The number of likely N-dealkylation sites (tertiary alicyclic amines) is 1. The molecule has 0 spiro atoms. The van der Waals surface area contributed by atoms with Gasteiger partial charge in [-0.15, -0.1) is 0 Å². The number of likely N-dealkylation sites (N-methyl/N-ethyl adjacent to an activating group) is 2. The zero-order chi connectivity index (χ0) is 13.3. The molecule has 2 fully saturated rings. The number of nitrogens with two attached hydrogens (primary N) is 1. The zero-order valence-corrected chi connectivity index (χ0v) is 11.4. The van der Waals surface area contributed by atoms with Crippen molar-refractivity contribution in [2.24, 2.45) is 5.73 Å². The van der Waals surface area contributed by atoms with Crippen molar-refractivity contribution in [2.75, 3.05) is 27.2 Å². The van der Waals surface area contributed by atoms with Crippen molar-refractivity contribution >= 4 is 5.97 Å². The maximum absolute atomic E-state index is 11.2. The summed E-state index contributed by atoms with van der Waals surface area (Å²) in [5, 5.41) is 9.17. The average Bonchev–Trinajstić information content (AvgIpc) is 2.72. The molecule has 3 atom stereocenters. The molecule has 0 amide bonds. The number of aliphatic carboxylic acids is 1. The van der Waals surface area contributed by atoms with Gasteiger partial charge < -0.3 is 15.7 Å². The first-order valence-electron chi connectivity index (χ1n) is 6.85. The van der Waals surface area contributed by atoms with Crippen molar-refractivity contribution in [3.8, 4) is 0 Å². The third kappa shape index (κ3) is 2.68. The van der Waals surface area contributed by atoms with Crippen LogP contribution in [0.5, 0.6) is 0 Å². The Morgan fingerprint density at radius 2 is 2.17 bits per heavy atom. The van der Waals surface area contributed by atoms with Crippen LogP contribution in [-0.4, -0.2) is 65.7 Å². The molecule has 5 nitrogen and oxygen atoms in total. The molecule has 1 aliphatic heterocycles. The molecular weight excluding hydrogens is 230 g/mol. The minimum Gasteiger partial charge on any atom is -0.480 e. The molecular formula is C13H25N3O2. The van der Waals surface area contributed by atoms with E-state index in [9.17, 15) is 9.90 Å². The van der Waals surface area contributed by atoms with E-state index in [0.29, 0.717) is 24.9 Å². The summed E-state index contributed by atoms with van der Waals surface area (Å²) < 4.78 is 0. The van der Waals surface area contributed by atoms with Gasteiger partial charge in [-0.25, -0.2) is 0 Å². The van der Waals surface area contributed by atoms with Crippen LogP contribution in [0.25, 0.3) is 0 Å². The summed E-state index contributed by atoms with van der Waals surface area (Å²) in [6.45, 7) is 2.25. The first kappa shape index (κ1) is 13.8. The van der Waals surface area contributed by atoms with Crippen molar-refractivity contribution in [3.05, 3.63) is 0 Å². The van der Waals surface area contributed by atoms with Gasteiger partial charge in [0.1, 0.15) is 5.54 Å². The molecule has 1 aliphatic carbocycles. The molecule has 1 saturated carbocycles. The summed E-state index contributed by atoms with van der Waals surface area (Å²) in [4.78, 5) is 15.9. The number of nitrogens with zero attached hydrogens (tertiary/aromatic N) is 2. The number of carboxylic acids is 1. The standard InChI is InChI=1S/C13H25N3O2/c1-15-7-3-4-11(9-15)16(2)10-5-6-13(14,8-10)12(17)18/h10-11H,3-9,14H2,1-2H3,(H,17,18). The van der Waals surface area contributed by atoms with Crippen LogP contribution in [0, 0.1) is 0 Å². The normalized spacial score (nSPS) is 38.2. The van der Waals surface area contributed by atoms with E-state index in [-0.39, 0.29) is 0 Å². The van der Waals surface area contributed by atoms with Crippen LogP contribution in [0.2, 0.25) is 0 Å². The van der Waals surface area contributed by atoms with Gasteiger partial charge in [-0.1, -0.05) is 0 Å². The molecule has 0 radical (unpaired) electrons. The summed E-state index contributed by atoms with van der Waals surface area (Å²) in [5.74, 6) is -0.848. The van der Waals surface area contributed by atoms with Gasteiger partial charge in [0.2, 0.25) is 0 Å². The molecule has 0 aromatic carbocycles. The van der Waals surface area contributed by atoms with Gasteiger partial charge in [0.25, 0.3) is 0 Å². The van der Waals surface area contributed by atoms with Crippen LogP contribution in [0.15, 0.2) is 0 Å². The number of piperidine rings is 1. The molecule has 104 valence electrons. The van der Waals surface area contributed by atoms with Gasteiger partial charge in [0, 0.05) is 18.6 Å². The van der Waals surface area contributed by atoms with Crippen LogP contribution >= 0.6 is 0 Å². The number of carboxylic acid groups (broad SMARTS) is 1. The minimum atomic E-state index is -1.00. The van der Waals surface area contributed by atoms with Gasteiger partial charge >= 0.3 is 5.97 Å². The molecule has 3 N–H and O–H groups in total. The lowest BCUT2D eigenvalue weighted by Crippen LogP contribution is -2.51. The third-order valence-corrected chi connectivity index (χ3v) is 4.70. The van der Waals surface area contributed by atoms with Crippen LogP contribution in [0.3, 0.4) is 0 Å². The van der Waals surface area contributed by atoms with Crippen LogP contribution < -0.4 is 5.73 Å². The molecule has 0 bridgehead atoms. The molecule has 3 unspecified atom stereocenters. The fourth-order valence-corrected chi connectivity index (χ4v) is 3.36. The predicted molar refractivity (Wildman–Crippen MR) is 70.5 cm³/mol. The van der Waals surface area contributed by atoms with E-state index in [1.807, 2.05) is 0 Å². The van der Waals surface area contributed by atoms with E-state index in [0.717, 1.165) is 13.0 Å². The Kier molecular flexibility index (Phi) is 3.94. The highest BCUT2D eigenvalue weighted by Crippen LogP contribution is 2.32. The fourth-order valence-electron chi connectivity index (χ4n) is 3.36. The van der Waals surface area contributed by atoms with E-state index in [4.69, 9.17) is 5.73 Å². The number of hydrogen-bond donors (Lipinski definition) is 2. The highest BCUT2D eigenvalue weighted by molar-refractivity contribution is 5.79. The first-order chi connectivity index (χ1) is 8.42. The van der Waals surface area contributed by atoms with Gasteiger partial charge in [0.05, 0.1) is 0 Å². The topological polar surface area (TPSA) is 69.8 Å². The molecule has 0 aromatic rings. The van der Waals surface area contributed by atoms with Crippen molar-refractivity contribution in [1.82, 2.24) is 9.80 Å². The van der Waals surface area contributed by atoms with Gasteiger partial charge in [-0.3, -0.25) is 9.69 Å². The summed E-state index contributed by atoms with van der Waals surface area (Å²) in [5.41, 5.74) is 4.95. The Bertz CT molecular complexity index is 323. The SMILES string of the molecule is CN1CCCC(N(C)C2CCC(N)(C(=O)O)C2)C1. The number of rotatable bonds is 3. The summed E-state index contributed by atoms with van der Waals surface area (Å²) in [7, 11) is 4.28. The van der Waals surface area contributed by atoms with E-state index in [2.05, 4.69) is 23.9 Å². The van der Waals surface area contributed by atoms with Crippen LogP contribution in [0.1, 0.15) is 32.1 Å². The lowest BCUT2D eigenvalue weighted by molar-refractivity contribution is -0.143. The molecule has 2 rings (SSSR count). The lowest BCUT2D eigenvalue weighted by atomic mass is 9.98. The second-order valence-electron chi connectivity index (χ2n) is 6.08. The molecule has 1 saturated heterocycles. The Morgan fingerprint density at radius 1 is 1.44 bits per heavy atom. The van der Waals surface area contributed by atoms with Crippen molar-refractivity contribution in [1.29, 1.82) is 0 Å². The predicted octanol–water partition coefficient (Wildman–Crippen LogP) is 0.347. The molecule has 18 heavy (non-hydrogen) atoms. The summed E-state index contributed by atoms with van der Waals surface area (Å²) in [6.07, 6.45) is 4.52. The van der Waals surface area contributed by atoms with Gasteiger partial charge in [0.15, 0.2) is 0 Å². The summed E-state index contributed by atoms with van der Waals surface area (Å²) in [6, 6.07) is 0.868. The molecule has 1 heterocycles. The maximum Gasteiger partial charge on any atom is 0.323 e. The second-order valence-corrected chi connectivity index (χ2v) is 6.08. The number of hydrogen-bond acceptors (Lipinski definition) is 4. The molecule has 5 heteroatoms. The second kappa shape index (κ2) is 5.15. The van der Waals surface area contributed by atoms with Crippen molar-refractivity contribution < 1.29 is 9.90 Å². The highest BCUT2D eigenvalue weighted by Gasteiger charge is 2.44. The first-order valence-corrected chi connectivity index (χ1v) is 6.85. The van der Waals surface area contributed by atoms with E-state index in [1.54, 1.807) is 0 Å². The van der Waals surface area contributed by atoms with Gasteiger partial charge in [-0.2, -0.15) is 0 Å². The molecule has 2 aliphatic rings. The Hall–Kier alpha value is -0.650. The third-order valence-electron chi connectivity index (χ3n) is 4.70. The zero-order valence-electron chi connectivity index (χ0n) is 11.4. The Morgan fingerprint density at radius 3 is 2.72 bits per heavy atom. The Balaban J connectivity index is 1.94. The lowest BCUT2D eigenvalue weighted by Gasteiger charge is -2.39. The van der Waals surface area contributed by atoms with Crippen molar-refractivity contribution in [2.45, 2.75) is 49.7 Å². The monoisotopic (exact) mass is 255 g/mol. The maximum atomic E-state index is 11.2. The van der Waals surface area contributed by atoms with Crippen LogP contribution in [0.4, 0.5) is 0 Å². The quantitative estimate of drug-likeness (QED) is 0.761. The van der Waals surface area contributed by atoms with E-state index in [1.165, 1.54) is 19.4 Å². The minimum absolute atomic E-state index is 0.322. The molecule has 0 aromatic heterocycles. The highest BCUT2D eigenvalue weighted by atomic mass is 16.4.